The van der Waals surface area contributed by atoms with Gasteiger partial charge in [-0.25, -0.2) is 4.79 Å². The molecule has 0 aliphatic rings. The quantitative estimate of drug-likeness (QED) is 0.838. The summed E-state index contributed by atoms with van der Waals surface area (Å²) in [4.78, 5) is 13.4. The summed E-state index contributed by atoms with van der Waals surface area (Å²) in [5.41, 5.74) is 0.910. The largest absolute Gasteiger partial charge is 0.477 e. The molecule has 0 atom stereocenters. The third-order valence-corrected chi connectivity index (χ3v) is 3.09. The van der Waals surface area contributed by atoms with Crippen molar-refractivity contribution in [3.63, 3.8) is 0 Å². The Morgan fingerprint density at radius 3 is 2.79 bits per heavy atom. The van der Waals surface area contributed by atoms with Crippen LogP contribution in [0.25, 0.3) is 10.9 Å². The van der Waals surface area contributed by atoms with Crippen molar-refractivity contribution in [3.8, 4) is 0 Å². The Morgan fingerprint density at radius 2 is 2.14 bits per heavy atom. The van der Waals surface area contributed by atoms with E-state index in [1.54, 1.807) is 18.2 Å². The van der Waals surface area contributed by atoms with Crippen LogP contribution < -0.4 is 0 Å². The molecule has 5 heteroatoms. The SMILES string of the molecule is O=C(O)c1cc2cc(Cl)c(Br)cc2[nH]1. The molecule has 0 aliphatic carbocycles. The van der Waals surface area contributed by atoms with Gasteiger partial charge in [0.25, 0.3) is 0 Å². The van der Waals surface area contributed by atoms with Gasteiger partial charge in [-0.15, -0.1) is 0 Å². The van der Waals surface area contributed by atoms with Gasteiger partial charge in [0.1, 0.15) is 5.69 Å². The van der Waals surface area contributed by atoms with E-state index in [0.29, 0.717) is 5.02 Å². The Kier molecular flexibility index (Phi) is 2.25. The molecule has 2 aromatic rings. The van der Waals surface area contributed by atoms with E-state index in [4.69, 9.17) is 16.7 Å². The molecule has 0 saturated carbocycles. The highest BCUT2D eigenvalue weighted by molar-refractivity contribution is 9.10. The average Bonchev–Trinajstić information content (AvgIpc) is 2.48. The summed E-state index contributed by atoms with van der Waals surface area (Å²) in [6.07, 6.45) is 0. The number of H-pyrrole nitrogens is 1. The summed E-state index contributed by atoms with van der Waals surface area (Å²) >= 11 is 9.13. The van der Waals surface area contributed by atoms with Crippen LogP contribution in [0.4, 0.5) is 0 Å². The standard InChI is InChI=1S/C9H5BrClNO2/c10-5-3-7-4(1-6(5)11)2-8(12-7)9(13)14/h1-3,12H,(H,13,14). The number of hydrogen-bond donors (Lipinski definition) is 2. The van der Waals surface area contributed by atoms with Crippen molar-refractivity contribution in [1.82, 2.24) is 4.98 Å². The van der Waals surface area contributed by atoms with Crippen LogP contribution in [0.3, 0.4) is 0 Å². The Labute approximate surface area is 92.8 Å². The van der Waals surface area contributed by atoms with E-state index < -0.39 is 5.97 Å². The number of carbonyl (C=O) groups is 1. The van der Waals surface area contributed by atoms with Crippen LogP contribution in [-0.2, 0) is 0 Å². The molecule has 0 saturated heterocycles. The second kappa shape index (κ2) is 3.29. The summed E-state index contributed by atoms with van der Waals surface area (Å²) < 4.78 is 0.741. The Balaban J connectivity index is 2.72. The third kappa shape index (κ3) is 1.51. The minimum Gasteiger partial charge on any atom is -0.477 e. The molecule has 2 N–H and O–H groups in total. The molecule has 0 unspecified atom stereocenters. The molecule has 1 aromatic heterocycles. The molecule has 72 valence electrons. The van der Waals surface area contributed by atoms with Crippen molar-refractivity contribution in [2.24, 2.45) is 0 Å². The zero-order chi connectivity index (χ0) is 10.3. The van der Waals surface area contributed by atoms with Gasteiger partial charge in [-0.1, -0.05) is 11.6 Å². The lowest BCUT2D eigenvalue weighted by molar-refractivity contribution is 0.0691. The summed E-state index contributed by atoms with van der Waals surface area (Å²) in [7, 11) is 0. The van der Waals surface area contributed by atoms with Crippen LogP contribution >= 0.6 is 27.5 Å². The fourth-order valence-electron chi connectivity index (χ4n) is 1.24. The predicted molar refractivity (Wildman–Crippen MR) is 58.0 cm³/mol. The lowest BCUT2D eigenvalue weighted by Gasteiger charge is -1.94. The highest BCUT2D eigenvalue weighted by atomic mass is 79.9. The maximum Gasteiger partial charge on any atom is 0.352 e. The summed E-state index contributed by atoms with van der Waals surface area (Å²) in [6, 6.07) is 5.02. The minimum absolute atomic E-state index is 0.161. The highest BCUT2D eigenvalue weighted by Crippen LogP contribution is 2.28. The van der Waals surface area contributed by atoms with Gasteiger partial charge >= 0.3 is 5.97 Å². The van der Waals surface area contributed by atoms with Crippen LogP contribution in [0.15, 0.2) is 22.7 Å². The first-order chi connectivity index (χ1) is 6.58. The second-order valence-electron chi connectivity index (χ2n) is 2.84. The predicted octanol–water partition coefficient (Wildman–Crippen LogP) is 3.28. The van der Waals surface area contributed by atoms with Gasteiger partial charge in [-0.3, -0.25) is 0 Å². The summed E-state index contributed by atoms with van der Waals surface area (Å²) in [5, 5.41) is 10.1. The lowest BCUT2D eigenvalue weighted by Crippen LogP contribution is -1.94. The van der Waals surface area contributed by atoms with Crippen LogP contribution in [0.5, 0.6) is 0 Å². The van der Waals surface area contributed by atoms with Crippen LogP contribution in [0.2, 0.25) is 5.02 Å². The highest BCUT2D eigenvalue weighted by Gasteiger charge is 2.08. The molecular formula is C9H5BrClNO2. The number of carboxylic acids is 1. The summed E-state index contributed by atoms with van der Waals surface area (Å²) in [6.45, 7) is 0. The number of aromatic amines is 1. The fourth-order valence-corrected chi connectivity index (χ4v) is 1.76. The first-order valence-corrected chi connectivity index (χ1v) is 4.96. The van der Waals surface area contributed by atoms with Gasteiger partial charge in [0.15, 0.2) is 0 Å². The van der Waals surface area contributed by atoms with Gasteiger partial charge in [0.2, 0.25) is 0 Å². The topological polar surface area (TPSA) is 53.1 Å². The molecule has 0 spiro atoms. The molecule has 0 fully saturated rings. The van der Waals surface area contributed by atoms with E-state index in [-0.39, 0.29) is 5.69 Å². The van der Waals surface area contributed by atoms with E-state index in [9.17, 15) is 4.79 Å². The van der Waals surface area contributed by atoms with Gasteiger partial charge in [0, 0.05) is 15.4 Å². The van der Waals surface area contributed by atoms with Crippen LogP contribution in [0.1, 0.15) is 10.5 Å². The Hall–Kier alpha value is -1.00. The Morgan fingerprint density at radius 1 is 1.43 bits per heavy atom. The van der Waals surface area contributed by atoms with E-state index >= 15 is 0 Å². The maximum absolute atomic E-state index is 10.7. The summed E-state index contributed by atoms with van der Waals surface area (Å²) in [5.74, 6) is -0.978. The number of carboxylic acid groups (broad SMARTS) is 1. The molecule has 2 rings (SSSR count). The maximum atomic E-state index is 10.7. The van der Waals surface area contributed by atoms with Gasteiger partial charge in [-0.05, 0) is 34.1 Å². The van der Waals surface area contributed by atoms with Crippen molar-refractivity contribution < 1.29 is 9.90 Å². The fraction of sp³-hybridized carbons (Fsp3) is 0. The molecule has 1 aromatic carbocycles. The number of fused-ring (bicyclic) bond motifs is 1. The molecule has 14 heavy (non-hydrogen) atoms. The van der Waals surface area contributed by atoms with Crippen LogP contribution in [-0.4, -0.2) is 16.1 Å². The van der Waals surface area contributed by atoms with E-state index in [0.717, 1.165) is 15.4 Å². The smallest absolute Gasteiger partial charge is 0.352 e. The van der Waals surface area contributed by atoms with Crippen molar-refractivity contribution >= 4 is 44.4 Å². The van der Waals surface area contributed by atoms with Gasteiger partial charge in [0.05, 0.1) is 5.02 Å². The van der Waals surface area contributed by atoms with Gasteiger partial charge in [-0.2, -0.15) is 0 Å². The zero-order valence-corrected chi connectivity index (χ0v) is 9.19. The number of rotatable bonds is 1. The normalized spacial score (nSPS) is 10.7. The van der Waals surface area contributed by atoms with Crippen molar-refractivity contribution in [1.29, 1.82) is 0 Å². The van der Waals surface area contributed by atoms with Gasteiger partial charge < -0.3 is 10.1 Å². The monoisotopic (exact) mass is 273 g/mol. The molecule has 0 radical (unpaired) electrons. The van der Waals surface area contributed by atoms with E-state index in [2.05, 4.69) is 20.9 Å². The van der Waals surface area contributed by atoms with E-state index in [1.807, 2.05) is 0 Å². The second-order valence-corrected chi connectivity index (χ2v) is 4.10. The molecular weight excluding hydrogens is 269 g/mol. The van der Waals surface area contributed by atoms with Crippen molar-refractivity contribution in [2.75, 3.05) is 0 Å². The van der Waals surface area contributed by atoms with E-state index in [1.165, 1.54) is 0 Å². The van der Waals surface area contributed by atoms with Crippen molar-refractivity contribution in [2.45, 2.75) is 0 Å². The number of hydrogen-bond acceptors (Lipinski definition) is 1. The average molecular weight is 275 g/mol. The van der Waals surface area contributed by atoms with Crippen molar-refractivity contribution in [3.05, 3.63) is 33.4 Å². The molecule has 1 heterocycles. The number of aromatic nitrogens is 1. The minimum atomic E-state index is -0.978. The molecule has 0 aliphatic heterocycles. The number of halogens is 2. The first kappa shape index (κ1) is 9.55. The molecule has 0 amide bonds. The Bertz CT molecular complexity index is 482. The zero-order valence-electron chi connectivity index (χ0n) is 6.84. The number of benzene rings is 1. The molecule has 0 bridgehead atoms. The molecule has 3 nitrogen and oxygen atoms in total. The number of nitrogens with one attached hydrogen (secondary N) is 1. The lowest BCUT2D eigenvalue weighted by atomic mass is 10.2. The van der Waals surface area contributed by atoms with Crippen LogP contribution in [0, 0.1) is 0 Å². The number of aromatic carboxylic acids is 1. The third-order valence-electron chi connectivity index (χ3n) is 1.89. The first-order valence-electron chi connectivity index (χ1n) is 3.79.